The molecule has 4 aromatic rings. The molecular weight excluding hydrogens is 380 g/mol. The second-order valence-electron chi connectivity index (χ2n) is 7.37. The Morgan fingerprint density at radius 1 is 0.900 bits per heavy atom. The van der Waals surface area contributed by atoms with E-state index in [1.54, 1.807) is 29.2 Å². The molecule has 1 aromatic carbocycles. The first kappa shape index (κ1) is 19.7. The number of rotatable bonds is 5. The third-order valence-corrected chi connectivity index (χ3v) is 4.75. The van der Waals surface area contributed by atoms with Crippen molar-refractivity contribution < 1.29 is 4.42 Å². The molecule has 4 rings (SSSR count). The highest BCUT2D eigenvalue weighted by atomic mass is 16.4. The minimum absolute atomic E-state index is 0.0413. The van der Waals surface area contributed by atoms with Gasteiger partial charge in [0, 0.05) is 35.5 Å². The van der Waals surface area contributed by atoms with Gasteiger partial charge in [0.05, 0.1) is 18.1 Å². The Hall–Kier alpha value is -3.65. The lowest BCUT2D eigenvalue weighted by Crippen LogP contribution is -2.20. The quantitative estimate of drug-likeness (QED) is 0.542. The average molecular weight is 402 g/mol. The summed E-state index contributed by atoms with van der Waals surface area (Å²) >= 11 is 0. The molecule has 3 heterocycles. The zero-order valence-corrected chi connectivity index (χ0v) is 17.0. The van der Waals surface area contributed by atoms with E-state index in [0.717, 1.165) is 16.7 Å². The smallest absolute Gasteiger partial charge is 0.268 e. The maximum atomic E-state index is 12.0. The van der Waals surface area contributed by atoms with Crippen molar-refractivity contribution in [3.05, 3.63) is 70.9 Å². The largest absolute Gasteiger partial charge is 0.415 e. The molecule has 0 saturated heterocycles. The maximum absolute atomic E-state index is 12.0. The number of hydrogen-bond acceptors (Lipinski definition) is 7. The summed E-state index contributed by atoms with van der Waals surface area (Å²) in [4.78, 5) is 20.9. The number of nitrogens with zero attached hydrogens (tertiary/aromatic N) is 5. The van der Waals surface area contributed by atoms with Crippen LogP contribution in [0.15, 0.2) is 64.2 Å². The maximum Gasteiger partial charge on any atom is 0.268 e. The zero-order valence-electron chi connectivity index (χ0n) is 17.0. The van der Waals surface area contributed by atoms with Crippen molar-refractivity contribution in [1.29, 1.82) is 0 Å². The summed E-state index contributed by atoms with van der Waals surface area (Å²) < 4.78 is 7.47. The van der Waals surface area contributed by atoms with Gasteiger partial charge in [-0.3, -0.25) is 9.78 Å². The molecule has 1 unspecified atom stereocenters. The van der Waals surface area contributed by atoms with Crippen LogP contribution in [-0.2, 0) is 0 Å². The van der Waals surface area contributed by atoms with Gasteiger partial charge in [0.25, 0.3) is 11.4 Å². The van der Waals surface area contributed by atoms with E-state index in [1.165, 1.54) is 6.07 Å². The second kappa shape index (κ2) is 8.00. The Morgan fingerprint density at radius 3 is 2.27 bits per heavy atom. The van der Waals surface area contributed by atoms with Gasteiger partial charge >= 0.3 is 0 Å². The zero-order chi connectivity index (χ0) is 21.3. The molecule has 3 aromatic heterocycles. The molecule has 0 aliphatic heterocycles. The van der Waals surface area contributed by atoms with Crippen LogP contribution in [0.3, 0.4) is 0 Å². The SMILES string of the molecule is CC(N)c1ccc(-c2nnc(-c3cncc(-c4ccc(=O)n(C(C)C)c4)n3)o2)cc1. The number of hydrogen-bond donors (Lipinski definition) is 1. The van der Waals surface area contributed by atoms with Crippen LogP contribution in [0.4, 0.5) is 0 Å². The topological polar surface area (TPSA) is 113 Å². The third-order valence-electron chi connectivity index (χ3n) is 4.75. The van der Waals surface area contributed by atoms with Gasteiger partial charge in [0.1, 0.15) is 5.69 Å². The van der Waals surface area contributed by atoms with E-state index in [2.05, 4.69) is 20.2 Å². The molecule has 0 aliphatic rings. The number of benzene rings is 1. The normalized spacial score (nSPS) is 12.3. The summed E-state index contributed by atoms with van der Waals surface area (Å²) in [5, 5.41) is 8.24. The van der Waals surface area contributed by atoms with Crippen molar-refractivity contribution in [2.45, 2.75) is 32.9 Å². The first-order valence-electron chi connectivity index (χ1n) is 9.67. The fraction of sp³-hybridized carbons (Fsp3) is 0.227. The Kier molecular flexibility index (Phi) is 5.24. The van der Waals surface area contributed by atoms with Crippen LogP contribution in [0.2, 0.25) is 0 Å². The van der Waals surface area contributed by atoms with E-state index in [0.29, 0.717) is 17.3 Å². The second-order valence-corrected chi connectivity index (χ2v) is 7.37. The summed E-state index contributed by atoms with van der Waals surface area (Å²) in [7, 11) is 0. The monoisotopic (exact) mass is 402 g/mol. The summed E-state index contributed by atoms with van der Waals surface area (Å²) in [6.45, 7) is 5.83. The Balaban J connectivity index is 1.65. The van der Waals surface area contributed by atoms with Crippen LogP contribution >= 0.6 is 0 Å². The van der Waals surface area contributed by atoms with Crippen LogP contribution in [0.1, 0.15) is 38.4 Å². The lowest BCUT2D eigenvalue weighted by atomic mass is 10.1. The molecule has 30 heavy (non-hydrogen) atoms. The van der Waals surface area contributed by atoms with E-state index < -0.39 is 0 Å². The van der Waals surface area contributed by atoms with Crippen LogP contribution < -0.4 is 11.3 Å². The van der Waals surface area contributed by atoms with Gasteiger partial charge in [-0.25, -0.2) is 4.98 Å². The molecule has 0 aliphatic carbocycles. The summed E-state index contributed by atoms with van der Waals surface area (Å²) in [5.74, 6) is 0.662. The molecule has 0 fully saturated rings. The number of nitrogens with two attached hydrogens (primary N) is 1. The van der Waals surface area contributed by atoms with Gasteiger partial charge in [0.2, 0.25) is 5.89 Å². The summed E-state index contributed by atoms with van der Waals surface area (Å²) in [6, 6.07) is 10.9. The minimum atomic E-state index is -0.0607. The number of pyridine rings is 1. The molecule has 0 bridgehead atoms. The Labute approximate surface area is 173 Å². The molecule has 0 radical (unpaired) electrons. The van der Waals surface area contributed by atoms with Gasteiger partial charge in [-0.2, -0.15) is 0 Å². The van der Waals surface area contributed by atoms with E-state index in [9.17, 15) is 4.79 Å². The molecular formula is C22H22N6O2. The van der Waals surface area contributed by atoms with E-state index in [1.807, 2.05) is 45.0 Å². The van der Waals surface area contributed by atoms with Gasteiger partial charge in [-0.05, 0) is 44.5 Å². The van der Waals surface area contributed by atoms with Gasteiger partial charge in [-0.1, -0.05) is 12.1 Å². The van der Waals surface area contributed by atoms with Crippen molar-refractivity contribution in [2.24, 2.45) is 5.73 Å². The minimum Gasteiger partial charge on any atom is -0.415 e. The summed E-state index contributed by atoms with van der Waals surface area (Å²) in [6.07, 6.45) is 4.98. The highest BCUT2D eigenvalue weighted by Crippen LogP contribution is 2.25. The van der Waals surface area contributed by atoms with Crippen molar-refractivity contribution in [1.82, 2.24) is 24.7 Å². The molecule has 0 spiro atoms. The average Bonchev–Trinajstić information content (AvgIpc) is 3.24. The molecule has 152 valence electrons. The highest BCUT2D eigenvalue weighted by molar-refractivity contribution is 5.61. The van der Waals surface area contributed by atoms with Crippen LogP contribution in [0.5, 0.6) is 0 Å². The van der Waals surface area contributed by atoms with E-state index in [4.69, 9.17) is 10.2 Å². The number of aromatic nitrogens is 5. The highest BCUT2D eigenvalue weighted by Gasteiger charge is 2.14. The fourth-order valence-corrected chi connectivity index (χ4v) is 3.04. The van der Waals surface area contributed by atoms with E-state index >= 15 is 0 Å². The van der Waals surface area contributed by atoms with Gasteiger partial charge < -0.3 is 14.7 Å². The Bertz CT molecular complexity index is 1220. The molecule has 8 nitrogen and oxygen atoms in total. The third kappa shape index (κ3) is 3.90. The summed E-state index contributed by atoms with van der Waals surface area (Å²) in [5.41, 5.74) is 9.51. The molecule has 1 atom stereocenters. The van der Waals surface area contributed by atoms with Crippen molar-refractivity contribution in [3.8, 4) is 34.3 Å². The Morgan fingerprint density at radius 2 is 1.57 bits per heavy atom. The molecule has 0 amide bonds. The fourth-order valence-electron chi connectivity index (χ4n) is 3.04. The van der Waals surface area contributed by atoms with Crippen LogP contribution in [0.25, 0.3) is 34.3 Å². The van der Waals surface area contributed by atoms with Crippen LogP contribution in [-0.4, -0.2) is 24.7 Å². The van der Waals surface area contributed by atoms with Gasteiger partial charge in [-0.15, -0.1) is 10.2 Å². The predicted molar refractivity (Wildman–Crippen MR) is 113 cm³/mol. The predicted octanol–water partition coefficient (Wildman–Crippen LogP) is 3.62. The van der Waals surface area contributed by atoms with Crippen LogP contribution in [0, 0.1) is 0 Å². The van der Waals surface area contributed by atoms with Crippen molar-refractivity contribution >= 4 is 0 Å². The lowest BCUT2D eigenvalue weighted by Gasteiger charge is -2.11. The first-order chi connectivity index (χ1) is 14.4. The first-order valence-corrected chi connectivity index (χ1v) is 9.67. The molecule has 0 saturated carbocycles. The van der Waals surface area contributed by atoms with Crippen molar-refractivity contribution in [2.75, 3.05) is 0 Å². The van der Waals surface area contributed by atoms with E-state index in [-0.39, 0.29) is 23.5 Å². The van der Waals surface area contributed by atoms with Crippen molar-refractivity contribution in [3.63, 3.8) is 0 Å². The van der Waals surface area contributed by atoms with Gasteiger partial charge in [0.15, 0.2) is 0 Å². The standard InChI is InChI=1S/C22H22N6O2/c1-13(2)28-12-17(8-9-20(28)29)18-10-24-11-19(25-18)22-27-26-21(30-22)16-6-4-15(5-7-16)14(3)23/h4-14H,23H2,1-3H3. The lowest BCUT2D eigenvalue weighted by molar-refractivity contribution is 0.578. The molecule has 8 heteroatoms. The molecule has 2 N–H and O–H groups in total.